The van der Waals surface area contributed by atoms with Gasteiger partial charge in [-0.05, 0) is 37.9 Å². The van der Waals surface area contributed by atoms with Crippen LogP contribution in [-0.4, -0.2) is 41.8 Å². The molecule has 3 nitrogen and oxygen atoms in total. The smallest absolute Gasteiger partial charge is 0.134 e. The summed E-state index contributed by atoms with van der Waals surface area (Å²) in [4.78, 5) is 2.24. The molecule has 20 heavy (non-hydrogen) atoms. The Morgan fingerprint density at radius 2 is 2.20 bits per heavy atom. The number of benzene rings is 1. The molecule has 0 aliphatic carbocycles. The number of rotatable bonds is 2. The van der Waals surface area contributed by atoms with Crippen LogP contribution in [-0.2, 0) is 4.74 Å². The van der Waals surface area contributed by atoms with Crippen LogP contribution in [0.15, 0.2) is 12.1 Å². The van der Waals surface area contributed by atoms with Crippen LogP contribution in [0.4, 0.5) is 8.78 Å². The molecule has 2 aliphatic rings. The van der Waals surface area contributed by atoms with Gasteiger partial charge in [-0.3, -0.25) is 4.90 Å². The van der Waals surface area contributed by atoms with Gasteiger partial charge in [0, 0.05) is 12.6 Å². The summed E-state index contributed by atoms with van der Waals surface area (Å²) in [6.07, 6.45) is 0.367. The number of nitrogens with zero attached hydrogens (tertiary/aromatic N) is 1. The molecular weight excluding hydrogens is 264 g/mol. The van der Waals surface area contributed by atoms with Crippen molar-refractivity contribution < 1.29 is 18.6 Å². The van der Waals surface area contributed by atoms with E-state index in [9.17, 15) is 13.9 Å². The molecule has 0 amide bonds. The lowest BCUT2D eigenvalue weighted by molar-refractivity contribution is -0.105. The molecule has 5 heteroatoms. The Labute approximate surface area is 117 Å². The fraction of sp³-hybridized carbons (Fsp3) is 0.600. The van der Waals surface area contributed by atoms with Crippen LogP contribution in [0.5, 0.6) is 0 Å². The quantitative estimate of drug-likeness (QED) is 0.903. The molecule has 0 bridgehead atoms. The van der Waals surface area contributed by atoms with Crippen molar-refractivity contribution in [3.63, 3.8) is 0 Å². The minimum absolute atomic E-state index is 0.271. The summed E-state index contributed by atoms with van der Waals surface area (Å²) in [5.74, 6) is -1.39. The number of aliphatic hydroxyl groups excluding tert-OH is 1. The first kappa shape index (κ1) is 13.9. The van der Waals surface area contributed by atoms with Crippen LogP contribution in [0.25, 0.3) is 0 Å². The van der Waals surface area contributed by atoms with Gasteiger partial charge in [-0.15, -0.1) is 0 Å². The molecule has 2 fully saturated rings. The van der Waals surface area contributed by atoms with Gasteiger partial charge in [0.15, 0.2) is 0 Å². The van der Waals surface area contributed by atoms with Gasteiger partial charge in [-0.2, -0.15) is 0 Å². The van der Waals surface area contributed by atoms with E-state index in [0.717, 1.165) is 19.4 Å². The van der Waals surface area contributed by atoms with Crippen LogP contribution in [0.1, 0.15) is 30.1 Å². The summed E-state index contributed by atoms with van der Waals surface area (Å²) in [7, 11) is 0. The fourth-order valence-electron chi connectivity index (χ4n) is 3.17. The molecule has 0 spiro atoms. The molecule has 110 valence electrons. The zero-order valence-corrected chi connectivity index (χ0v) is 11.5. The number of hydrogen-bond donors (Lipinski definition) is 1. The molecule has 3 rings (SSSR count). The molecule has 0 radical (unpaired) electrons. The lowest BCUT2D eigenvalue weighted by atomic mass is 9.99. The molecule has 1 aromatic rings. The monoisotopic (exact) mass is 283 g/mol. The van der Waals surface area contributed by atoms with Crippen molar-refractivity contribution in [3.8, 4) is 0 Å². The Kier molecular flexibility index (Phi) is 3.75. The molecule has 0 saturated carbocycles. The molecule has 2 heterocycles. The van der Waals surface area contributed by atoms with Gasteiger partial charge < -0.3 is 9.84 Å². The van der Waals surface area contributed by atoms with Crippen LogP contribution >= 0.6 is 0 Å². The summed E-state index contributed by atoms with van der Waals surface area (Å²) in [5.41, 5.74) is 0.0583. The Balaban J connectivity index is 1.82. The van der Waals surface area contributed by atoms with Crippen molar-refractivity contribution in [2.24, 2.45) is 0 Å². The number of fused-ring (bicyclic) bond motifs is 1. The third kappa shape index (κ3) is 2.34. The maximum atomic E-state index is 14.1. The van der Waals surface area contributed by atoms with Crippen LogP contribution in [0.3, 0.4) is 0 Å². The largest absolute Gasteiger partial charge is 0.385 e. The summed E-state index contributed by atoms with van der Waals surface area (Å²) in [6, 6.07) is 2.96. The molecule has 2 aliphatic heterocycles. The highest BCUT2D eigenvalue weighted by molar-refractivity contribution is 5.29. The Bertz CT molecular complexity index is 509. The van der Waals surface area contributed by atoms with Crippen molar-refractivity contribution in [2.75, 3.05) is 19.7 Å². The normalized spacial score (nSPS) is 28.4. The van der Waals surface area contributed by atoms with Crippen molar-refractivity contribution in [3.05, 3.63) is 34.9 Å². The highest BCUT2D eigenvalue weighted by Gasteiger charge is 2.37. The number of morpholine rings is 1. The molecule has 2 saturated heterocycles. The third-order valence-corrected chi connectivity index (χ3v) is 4.38. The van der Waals surface area contributed by atoms with Crippen LogP contribution in [0.2, 0.25) is 0 Å². The SMILES string of the molecule is Cc1ccc(F)c(C(O)C2CN3CCCC3CO2)c1F. The van der Waals surface area contributed by atoms with Crippen LogP contribution < -0.4 is 0 Å². The maximum absolute atomic E-state index is 14.1. The maximum Gasteiger partial charge on any atom is 0.134 e. The first-order chi connectivity index (χ1) is 9.58. The molecule has 1 N–H and O–H groups in total. The van der Waals surface area contributed by atoms with Gasteiger partial charge in [-0.1, -0.05) is 6.07 Å². The number of hydrogen-bond acceptors (Lipinski definition) is 3. The topological polar surface area (TPSA) is 32.7 Å². The Morgan fingerprint density at radius 1 is 1.40 bits per heavy atom. The van der Waals surface area contributed by atoms with E-state index in [1.54, 1.807) is 6.92 Å². The molecule has 3 atom stereocenters. The zero-order valence-electron chi connectivity index (χ0n) is 11.5. The average molecular weight is 283 g/mol. The summed E-state index contributed by atoms with van der Waals surface area (Å²) < 4.78 is 33.5. The third-order valence-electron chi connectivity index (χ3n) is 4.38. The average Bonchev–Trinajstić information content (AvgIpc) is 2.90. The second-order valence-electron chi connectivity index (χ2n) is 5.70. The predicted octanol–water partition coefficient (Wildman–Crippen LogP) is 2.17. The van der Waals surface area contributed by atoms with Crippen molar-refractivity contribution >= 4 is 0 Å². The second-order valence-corrected chi connectivity index (χ2v) is 5.70. The molecule has 3 unspecified atom stereocenters. The lowest BCUT2D eigenvalue weighted by Gasteiger charge is -2.37. The molecule has 0 aromatic heterocycles. The number of aliphatic hydroxyl groups is 1. The van der Waals surface area contributed by atoms with Crippen molar-refractivity contribution in [1.29, 1.82) is 0 Å². The summed E-state index contributed by atoms with van der Waals surface area (Å²) >= 11 is 0. The molecular formula is C15H19F2NO2. The first-order valence-corrected chi connectivity index (χ1v) is 7.06. The minimum atomic E-state index is -1.27. The van der Waals surface area contributed by atoms with E-state index in [4.69, 9.17) is 4.74 Å². The highest BCUT2D eigenvalue weighted by Crippen LogP contribution is 2.31. The van der Waals surface area contributed by atoms with E-state index in [1.165, 1.54) is 12.1 Å². The number of halogens is 2. The zero-order chi connectivity index (χ0) is 14.3. The van der Waals surface area contributed by atoms with E-state index in [1.807, 2.05) is 0 Å². The van der Waals surface area contributed by atoms with E-state index in [0.29, 0.717) is 24.8 Å². The van der Waals surface area contributed by atoms with Gasteiger partial charge in [0.1, 0.15) is 23.8 Å². The number of ether oxygens (including phenoxy) is 1. The Hall–Kier alpha value is -1.04. The molecule has 1 aromatic carbocycles. The van der Waals surface area contributed by atoms with Gasteiger partial charge in [0.2, 0.25) is 0 Å². The van der Waals surface area contributed by atoms with Gasteiger partial charge in [-0.25, -0.2) is 8.78 Å². The number of aryl methyl sites for hydroxylation is 1. The van der Waals surface area contributed by atoms with Crippen molar-refractivity contribution in [2.45, 2.75) is 38.0 Å². The van der Waals surface area contributed by atoms with Gasteiger partial charge in [0.25, 0.3) is 0 Å². The Morgan fingerprint density at radius 3 is 3.00 bits per heavy atom. The predicted molar refractivity (Wildman–Crippen MR) is 70.4 cm³/mol. The van der Waals surface area contributed by atoms with E-state index < -0.39 is 23.8 Å². The lowest BCUT2D eigenvalue weighted by Crippen LogP contribution is -2.48. The summed E-state index contributed by atoms with van der Waals surface area (Å²) in [5, 5.41) is 10.3. The van der Waals surface area contributed by atoms with E-state index in [2.05, 4.69) is 4.90 Å². The summed E-state index contributed by atoms with van der Waals surface area (Å²) in [6.45, 7) is 3.58. The van der Waals surface area contributed by atoms with Crippen molar-refractivity contribution in [1.82, 2.24) is 4.90 Å². The fourth-order valence-corrected chi connectivity index (χ4v) is 3.17. The highest BCUT2D eigenvalue weighted by atomic mass is 19.1. The second kappa shape index (κ2) is 5.39. The van der Waals surface area contributed by atoms with Gasteiger partial charge >= 0.3 is 0 Å². The first-order valence-electron chi connectivity index (χ1n) is 7.06. The minimum Gasteiger partial charge on any atom is -0.385 e. The van der Waals surface area contributed by atoms with E-state index >= 15 is 0 Å². The van der Waals surface area contributed by atoms with E-state index in [-0.39, 0.29) is 5.56 Å². The standard InChI is InChI=1S/C15H19F2NO2/c1-9-4-5-11(16)13(14(9)17)15(19)12-7-18-6-2-3-10(18)8-20-12/h4-5,10,12,15,19H,2-3,6-8H2,1H3. The van der Waals surface area contributed by atoms with Gasteiger partial charge in [0.05, 0.1) is 12.2 Å². The van der Waals surface area contributed by atoms with Crippen LogP contribution in [0, 0.1) is 18.6 Å².